The average molecular weight is 387 g/mol. The number of aromatic nitrogens is 2. The van der Waals surface area contributed by atoms with E-state index in [2.05, 4.69) is 20.6 Å². The van der Waals surface area contributed by atoms with Crippen molar-refractivity contribution in [2.24, 2.45) is 0 Å². The van der Waals surface area contributed by atoms with E-state index in [0.717, 1.165) is 12.1 Å². The number of hydrogen-bond acceptors (Lipinski definition) is 4. The number of aryl methyl sites for hydroxylation is 1. The minimum absolute atomic E-state index is 0.0340. The second-order valence-corrected chi connectivity index (χ2v) is 7.11. The number of alkyl halides is 3. The molecule has 9 heteroatoms. The van der Waals surface area contributed by atoms with Crippen LogP contribution in [0.3, 0.4) is 0 Å². The Morgan fingerprint density at radius 3 is 2.35 bits per heavy atom. The first-order valence-corrected chi connectivity index (χ1v) is 8.05. The molecule has 1 aromatic carbocycles. The van der Waals surface area contributed by atoms with Crippen LogP contribution in [0.5, 0.6) is 0 Å². The fraction of sp³-hybridized carbons (Fsp3) is 0.353. The van der Waals surface area contributed by atoms with Crippen molar-refractivity contribution in [1.82, 2.24) is 9.97 Å². The number of hydrogen-bond donors (Lipinski definition) is 2. The third-order valence-electron chi connectivity index (χ3n) is 3.10. The third-order valence-corrected chi connectivity index (χ3v) is 3.43. The van der Waals surface area contributed by atoms with Crippen molar-refractivity contribution in [3.05, 3.63) is 46.4 Å². The average Bonchev–Trinajstić information content (AvgIpc) is 2.45. The molecule has 0 aliphatic carbocycles. The number of halogens is 4. The van der Waals surface area contributed by atoms with Crippen LogP contribution in [-0.2, 0) is 6.18 Å². The normalized spacial score (nSPS) is 12.0. The number of carbonyl (C=O) groups excluding carboxylic acids is 1. The Morgan fingerprint density at radius 2 is 1.77 bits per heavy atom. The molecular formula is C17H18ClF3N4O. The number of carbonyl (C=O) groups is 1. The number of nitrogens with one attached hydrogen (secondary N) is 2. The highest BCUT2D eigenvalue weighted by Gasteiger charge is 2.33. The van der Waals surface area contributed by atoms with E-state index in [1.54, 1.807) is 6.92 Å². The quantitative estimate of drug-likeness (QED) is 0.785. The van der Waals surface area contributed by atoms with Crippen LogP contribution in [0.2, 0.25) is 5.02 Å². The van der Waals surface area contributed by atoms with E-state index in [0.29, 0.717) is 11.6 Å². The van der Waals surface area contributed by atoms with Gasteiger partial charge < -0.3 is 10.6 Å². The van der Waals surface area contributed by atoms with Crippen LogP contribution < -0.4 is 10.6 Å². The van der Waals surface area contributed by atoms with Gasteiger partial charge in [0.15, 0.2) is 0 Å². The van der Waals surface area contributed by atoms with Crippen molar-refractivity contribution in [3.63, 3.8) is 0 Å². The second kappa shape index (κ2) is 7.11. The van der Waals surface area contributed by atoms with Gasteiger partial charge in [-0.3, -0.25) is 4.79 Å². The molecule has 5 nitrogen and oxygen atoms in total. The van der Waals surface area contributed by atoms with Gasteiger partial charge in [-0.1, -0.05) is 11.6 Å². The zero-order chi connectivity index (χ0) is 19.7. The van der Waals surface area contributed by atoms with E-state index in [9.17, 15) is 18.0 Å². The number of rotatable bonds is 3. The van der Waals surface area contributed by atoms with Gasteiger partial charge in [-0.2, -0.15) is 13.2 Å². The minimum atomic E-state index is -4.62. The van der Waals surface area contributed by atoms with Crippen molar-refractivity contribution >= 4 is 29.0 Å². The van der Waals surface area contributed by atoms with Crippen LogP contribution in [0.25, 0.3) is 0 Å². The number of amides is 1. The van der Waals surface area contributed by atoms with E-state index in [1.165, 1.54) is 12.1 Å². The lowest BCUT2D eigenvalue weighted by Crippen LogP contribution is -2.27. The molecule has 0 aliphatic heterocycles. The minimum Gasteiger partial charge on any atom is -0.365 e. The molecule has 2 rings (SSSR count). The second-order valence-electron chi connectivity index (χ2n) is 6.71. The molecule has 0 fully saturated rings. The molecular weight excluding hydrogens is 369 g/mol. The summed E-state index contributed by atoms with van der Waals surface area (Å²) in [5.74, 6) is 0.154. The van der Waals surface area contributed by atoms with Crippen LogP contribution in [-0.4, -0.2) is 21.4 Å². The maximum atomic E-state index is 12.9. The summed E-state index contributed by atoms with van der Waals surface area (Å²) < 4.78 is 38.8. The highest BCUT2D eigenvalue weighted by atomic mass is 35.5. The smallest absolute Gasteiger partial charge is 0.365 e. The highest BCUT2D eigenvalue weighted by Crippen LogP contribution is 2.36. The molecule has 0 atom stereocenters. The predicted octanol–water partition coefficient (Wildman–Crippen LogP) is 4.92. The fourth-order valence-corrected chi connectivity index (χ4v) is 2.37. The first-order valence-electron chi connectivity index (χ1n) is 7.67. The Bertz CT molecular complexity index is 832. The predicted molar refractivity (Wildman–Crippen MR) is 94.6 cm³/mol. The molecule has 1 heterocycles. The van der Waals surface area contributed by atoms with E-state index >= 15 is 0 Å². The Labute approximate surface area is 154 Å². The number of benzene rings is 1. The summed E-state index contributed by atoms with van der Waals surface area (Å²) in [4.78, 5) is 20.6. The first kappa shape index (κ1) is 20.0. The van der Waals surface area contributed by atoms with Gasteiger partial charge >= 0.3 is 6.18 Å². The van der Waals surface area contributed by atoms with Gasteiger partial charge in [-0.05, 0) is 45.9 Å². The lowest BCUT2D eigenvalue weighted by Gasteiger charge is -2.21. The van der Waals surface area contributed by atoms with Crippen LogP contribution in [0.1, 0.15) is 42.6 Å². The molecule has 0 spiro atoms. The summed E-state index contributed by atoms with van der Waals surface area (Å²) in [6.07, 6.45) is -4.62. The molecule has 0 saturated carbocycles. The van der Waals surface area contributed by atoms with E-state index in [-0.39, 0.29) is 16.9 Å². The van der Waals surface area contributed by atoms with Gasteiger partial charge in [0.05, 0.1) is 10.6 Å². The molecule has 2 aromatic rings. The Hall–Kier alpha value is -2.35. The molecule has 1 aromatic heterocycles. The van der Waals surface area contributed by atoms with Crippen LogP contribution in [0.15, 0.2) is 24.3 Å². The van der Waals surface area contributed by atoms with Crippen molar-refractivity contribution in [2.45, 2.75) is 39.4 Å². The van der Waals surface area contributed by atoms with Crippen LogP contribution in [0, 0.1) is 6.92 Å². The van der Waals surface area contributed by atoms with Gasteiger partial charge in [-0.25, -0.2) is 9.97 Å². The Morgan fingerprint density at radius 1 is 1.12 bits per heavy atom. The Kier molecular flexibility index (Phi) is 5.46. The molecule has 0 radical (unpaired) electrons. The van der Waals surface area contributed by atoms with Crippen molar-refractivity contribution in [1.29, 1.82) is 0 Å². The fourth-order valence-electron chi connectivity index (χ4n) is 2.15. The molecule has 2 N–H and O–H groups in total. The topological polar surface area (TPSA) is 66.9 Å². The summed E-state index contributed by atoms with van der Waals surface area (Å²) in [6, 6.07) is 4.59. The summed E-state index contributed by atoms with van der Waals surface area (Å²) in [5.41, 5.74) is -1.31. The summed E-state index contributed by atoms with van der Waals surface area (Å²) in [5, 5.41) is 5.08. The van der Waals surface area contributed by atoms with E-state index in [4.69, 9.17) is 11.6 Å². The molecule has 0 saturated heterocycles. The van der Waals surface area contributed by atoms with Gasteiger partial charge in [0.2, 0.25) is 0 Å². The highest BCUT2D eigenvalue weighted by molar-refractivity contribution is 6.31. The van der Waals surface area contributed by atoms with Gasteiger partial charge in [0, 0.05) is 17.3 Å². The maximum Gasteiger partial charge on any atom is 0.417 e. The molecule has 140 valence electrons. The number of anilines is 2. The molecule has 1 amide bonds. The molecule has 26 heavy (non-hydrogen) atoms. The molecule has 0 bridgehead atoms. The zero-order valence-corrected chi connectivity index (χ0v) is 15.4. The maximum absolute atomic E-state index is 12.9. The summed E-state index contributed by atoms with van der Waals surface area (Å²) >= 11 is 5.58. The van der Waals surface area contributed by atoms with E-state index in [1.807, 2.05) is 20.8 Å². The summed E-state index contributed by atoms with van der Waals surface area (Å²) in [6.45, 7) is 7.40. The van der Waals surface area contributed by atoms with Crippen molar-refractivity contribution < 1.29 is 18.0 Å². The monoisotopic (exact) mass is 386 g/mol. The van der Waals surface area contributed by atoms with Crippen LogP contribution in [0.4, 0.5) is 24.7 Å². The SMILES string of the molecule is Cc1nc(NC(C)(C)C)cc(C(=O)Nc2ccc(Cl)c(C(F)(F)F)c2)n1. The lowest BCUT2D eigenvalue weighted by molar-refractivity contribution is -0.137. The zero-order valence-electron chi connectivity index (χ0n) is 14.6. The molecule has 0 aliphatic rings. The van der Waals surface area contributed by atoms with Gasteiger partial charge in [0.1, 0.15) is 17.3 Å². The van der Waals surface area contributed by atoms with Gasteiger partial charge in [-0.15, -0.1) is 0 Å². The van der Waals surface area contributed by atoms with E-state index < -0.39 is 22.7 Å². The standard InChI is InChI=1S/C17H18ClF3N4O/c1-9-22-13(8-14(23-9)25-16(2,3)4)15(26)24-10-5-6-12(18)11(7-10)17(19,20)21/h5-8H,1-4H3,(H,24,26)(H,22,23,25). The third kappa shape index (κ3) is 5.32. The summed E-state index contributed by atoms with van der Waals surface area (Å²) in [7, 11) is 0. The largest absolute Gasteiger partial charge is 0.417 e. The number of nitrogens with zero attached hydrogens (tertiary/aromatic N) is 2. The van der Waals surface area contributed by atoms with Crippen molar-refractivity contribution in [3.8, 4) is 0 Å². The van der Waals surface area contributed by atoms with Crippen LogP contribution >= 0.6 is 11.6 Å². The van der Waals surface area contributed by atoms with Gasteiger partial charge in [0.25, 0.3) is 5.91 Å². The lowest BCUT2D eigenvalue weighted by atomic mass is 10.1. The van der Waals surface area contributed by atoms with Crippen molar-refractivity contribution in [2.75, 3.05) is 10.6 Å². The molecule has 0 unspecified atom stereocenters. The Balaban J connectivity index is 2.28. The first-order chi connectivity index (χ1) is 11.8.